The fourth-order valence-electron chi connectivity index (χ4n) is 1.64. The lowest BCUT2D eigenvalue weighted by atomic mass is 10.4. The molecule has 0 spiro atoms. The molecule has 2 N–H and O–H groups in total. The molecule has 0 aliphatic rings. The van der Waals surface area contributed by atoms with E-state index in [0.29, 0.717) is 19.0 Å². The number of nitriles is 1. The van der Waals surface area contributed by atoms with Crippen molar-refractivity contribution in [1.29, 1.82) is 5.26 Å². The van der Waals surface area contributed by atoms with Gasteiger partial charge in [-0.15, -0.1) is 0 Å². The van der Waals surface area contributed by atoms with E-state index in [4.69, 9.17) is 9.68 Å². The highest BCUT2D eigenvalue weighted by molar-refractivity contribution is 5.81. The van der Waals surface area contributed by atoms with Gasteiger partial charge in [0.25, 0.3) is 0 Å². The van der Waals surface area contributed by atoms with Crippen LogP contribution in [-0.2, 0) is 13.1 Å². The van der Waals surface area contributed by atoms with E-state index in [1.165, 1.54) is 0 Å². The summed E-state index contributed by atoms with van der Waals surface area (Å²) in [6.45, 7) is 1.97. The molecular weight excluding hydrogens is 256 g/mol. The van der Waals surface area contributed by atoms with Gasteiger partial charge in [0, 0.05) is 25.5 Å². The Hall–Kier alpha value is -2.75. The van der Waals surface area contributed by atoms with E-state index in [1.807, 2.05) is 23.0 Å². The van der Waals surface area contributed by atoms with Gasteiger partial charge in [0.1, 0.15) is 12.3 Å². The number of hydrogen-bond acceptors (Lipinski definition) is 4. The standard InChI is InChI=1S/C13H16N6O/c14-10-18-13(17-9-12-3-1-8-20-12)16-4-2-6-19-7-5-15-11-19/h1,3,5,7-8,11H,2,4,6,9H2,(H2,16,17,18). The first-order chi connectivity index (χ1) is 9.88. The quantitative estimate of drug-likeness (QED) is 0.270. The lowest BCUT2D eigenvalue weighted by Gasteiger charge is -2.07. The van der Waals surface area contributed by atoms with Crippen molar-refractivity contribution in [3.8, 4) is 6.19 Å². The molecule has 0 bridgehead atoms. The smallest absolute Gasteiger partial charge is 0.205 e. The van der Waals surface area contributed by atoms with E-state index in [-0.39, 0.29) is 0 Å². The maximum atomic E-state index is 8.68. The number of rotatable bonds is 6. The van der Waals surface area contributed by atoms with Gasteiger partial charge in [-0.2, -0.15) is 5.26 Å². The van der Waals surface area contributed by atoms with Gasteiger partial charge in [0.05, 0.1) is 12.6 Å². The summed E-state index contributed by atoms with van der Waals surface area (Å²) in [5, 5.41) is 14.3. The van der Waals surface area contributed by atoms with Crippen LogP contribution in [0.4, 0.5) is 0 Å². The van der Waals surface area contributed by atoms with Crippen LogP contribution < -0.4 is 10.6 Å². The average molecular weight is 272 g/mol. The molecule has 0 saturated carbocycles. The molecule has 0 unspecified atom stereocenters. The highest BCUT2D eigenvalue weighted by Gasteiger charge is 1.99. The van der Waals surface area contributed by atoms with Crippen LogP contribution in [0.15, 0.2) is 46.5 Å². The van der Waals surface area contributed by atoms with Crippen LogP contribution >= 0.6 is 0 Å². The number of aryl methyl sites for hydroxylation is 1. The lowest BCUT2D eigenvalue weighted by molar-refractivity contribution is 0.512. The molecule has 0 amide bonds. The van der Waals surface area contributed by atoms with Crippen LogP contribution in [0.5, 0.6) is 0 Å². The van der Waals surface area contributed by atoms with Crippen molar-refractivity contribution in [2.75, 3.05) is 6.54 Å². The second-order valence-corrected chi connectivity index (χ2v) is 4.06. The van der Waals surface area contributed by atoms with Gasteiger partial charge in [-0.05, 0) is 18.6 Å². The van der Waals surface area contributed by atoms with E-state index in [1.54, 1.807) is 24.9 Å². The molecule has 7 heteroatoms. The predicted octanol–water partition coefficient (Wildman–Crippen LogP) is 1.08. The monoisotopic (exact) mass is 272 g/mol. The molecule has 104 valence electrons. The Kier molecular flexibility index (Phi) is 5.22. The number of nitrogens with zero attached hydrogens (tertiary/aromatic N) is 4. The predicted molar refractivity (Wildman–Crippen MR) is 73.4 cm³/mol. The first-order valence-corrected chi connectivity index (χ1v) is 6.30. The molecule has 0 aliphatic carbocycles. The van der Waals surface area contributed by atoms with E-state index < -0.39 is 0 Å². The number of imidazole rings is 1. The summed E-state index contributed by atoms with van der Waals surface area (Å²) in [6.07, 6.45) is 9.81. The zero-order valence-corrected chi connectivity index (χ0v) is 11.0. The third-order valence-corrected chi connectivity index (χ3v) is 2.59. The van der Waals surface area contributed by atoms with Crippen molar-refractivity contribution in [3.63, 3.8) is 0 Å². The Balaban J connectivity index is 1.74. The molecule has 0 atom stereocenters. The molecule has 0 aliphatic heterocycles. The number of aromatic nitrogens is 2. The molecule has 0 fully saturated rings. The minimum absolute atomic E-state index is 0.394. The summed E-state index contributed by atoms with van der Waals surface area (Å²) in [7, 11) is 0. The minimum Gasteiger partial charge on any atom is -0.467 e. The number of aliphatic imine (C=N–C) groups is 1. The Bertz CT molecular complexity index is 552. The first-order valence-electron chi connectivity index (χ1n) is 6.30. The lowest BCUT2D eigenvalue weighted by Crippen LogP contribution is -2.35. The number of furan rings is 1. The van der Waals surface area contributed by atoms with Gasteiger partial charge >= 0.3 is 0 Å². The van der Waals surface area contributed by atoms with E-state index in [9.17, 15) is 0 Å². The molecule has 2 aromatic rings. The SMILES string of the molecule is N#CNC(=NCc1ccco1)NCCCn1ccnc1. The third-order valence-electron chi connectivity index (χ3n) is 2.59. The zero-order chi connectivity index (χ0) is 14.0. The van der Waals surface area contributed by atoms with Gasteiger partial charge in [0.2, 0.25) is 5.96 Å². The van der Waals surface area contributed by atoms with Gasteiger partial charge in [-0.3, -0.25) is 5.32 Å². The maximum absolute atomic E-state index is 8.68. The number of guanidine groups is 1. The maximum Gasteiger partial charge on any atom is 0.205 e. The summed E-state index contributed by atoms with van der Waals surface area (Å²) in [5.41, 5.74) is 0. The van der Waals surface area contributed by atoms with Crippen LogP contribution in [0, 0.1) is 11.5 Å². The first kappa shape index (κ1) is 13.7. The fourth-order valence-corrected chi connectivity index (χ4v) is 1.64. The summed E-state index contributed by atoms with van der Waals surface area (Å²) in [5.74, 6) is 1.21. The van der Waals surface area contributed by atoms with Gasteiger partial charge < -0.3 is 14.3 Å². The van der Waals surface area contributed by atoms with Crippen LogP contribution in [-0.4, -0.2) is 22.1 Å². The van der Waals surface area contributed by atoms with Crippen LogP contribution in [0.1, 0.15) is 12.2 Å². The summed E-state index contributed by atoms with van der Waals surface area (Å²) in [6, 6.07) is 3.65. The van der Waals surface area contributed by atoms with Crippen molar-refractivity contribution in [2.45, 2.75) is 19.5 Å². The van der Waals surface area contributed by atoms with Crippen LogP contribution in [0.2, 0.25) is 0 Å². The Morgan fingerprint density at radius 3 is 3.20 bits per heavy atom. The summed E-state index contributed by atoms with van der Waals surface area (Å²) >= 11 is 0. The summed E-state index contributed by atoms with van der Waals surface area (Å²) in [4.78, 5) is 8.23. The van der Waals surface area contributed by atoms with Crippen molar-refractivity contribution >= 4 is 5.96 Å². The average Bonchev–Trinajstić information content (AvgIpc) is 3.13. The van der Waals surface area contributed by atoms with Gasteiger partial charge in [-0.25, -0.2) is 9.98 Å². The molecule has 2 aromatic heterocycles. The van der Waals surface area contributed by atoms with Gasteiger partial charge in [0.15, 0.2) is 6.19 Å². The van der Waals surface area contributed by atoms with Gasteiger partial charge in [-0.1, -0.05) is 0 Å². The third kappa shape index (κ3) is 4.49. The van der Waals surface area contributed by atoms with E-state index in [0.717, 1.165) is 18.7 Å². The van der Waals surface area contributed by atoms with E-state index in [2.05, 4.69) is 20.6 Å². The second kappa shape index (κ2) is 7.63. The largest absolute Gasteiger partial charge is 0.467 e. The summed E-state index contributed by atoms with van der Waals surface area (Å²) < 4.78 is 7.18. The molecule has 7 nitrogen and oxygen atoms in total. The second-order valence-electron chi connectivity index (χ2n) is 4.06. The highest BCUT2D eigenvalue weighted by atomic mass is 16.3. The Morgan fingerprint density at radius 1 is 1.55 bits per heavy atom. The van der Waals surface area contributed by atoms with Crippen LogP contribution in [0.3, 0.4) is 0 Å². The molecule has 2 heterocycles. The molecule has 0 aromatic carbocycles. The molecule has 0 radical (unpaired) electrons. The normalized spacial score (nSPS) is 11.1. The number of hydrogen-bond donors (Lipinski definition) is 2. The van der Waals surface area contributed by atoms with Crippen molar-refractivity contribution < 1.29 is 4.42 Å². The molecular formula is C13H16N6O. The van der Waals surface area contributed by atoms with Crippen molar-refractivity contribution in [1.82, 2.24) is 20.2 Å². The van der Waals surface area contributed by atoms with Crippen LogP contribution in [0.25, 0.3) is 0 Å². The topological polar surface area (TPSA) is 91.2 Å². The van der Waals surface area contributed by atoms with E-state index >= 15 is 0 Å². The minimum atomic E-state index is 0.394. The molecule has 2 rings (SSSR count). The Morgan fingerprint density at radius 2 is 2.50 bits per heavy atom. The highest BCUT2D eigenvalue weighted by Crippen LogP contribution is 2.01. The van der Waals surface area contributed by atoms with Crippen molar-refractivity contribution in [3.05, 3.63) is 42.9 Å². The fraction of sp³-hybridized carbons (Fsp3) is 0.308. The van der Waals surface area contributed by atoms with Crippen molar-refractivity contribution in [2.24, 2.45) is 4.99 Å². The Labute approximate surface area is 116 Å². The molecule has 0 saturated heterocycles. The zero-order valence-electron chi connectivity index (χ0n) is 11.0. The molecule has 20 heavy (non-hydrogen) atoms. The number of nitrogens with one attached hydrogen (secondary N) is 2.